The lowest BCUT2D eigenvalue weighted by atomic mass is 10.1. The number of carbonyl (C=O) groups is 1. The third kappa shape index (κ3) is 3.50. The number of fused-ring (bicyclic) bond motifs is 1. The summed E-state index contributed by atoms with van der Waals surface area (Å²) in [5.41, 5.74) is 2.88. The highest BCUT2D eigenvalue weighted by atomic mass is 35.5. The third-order valence-corrected chi connectivity index (χ3v) is 4.42. The highest BCUT2D eigenvalue weighted by molar-refractivity contribution is 6.30. The molecule has 0 amide bonds. The molecule has 0 saturated carbocycles. The molecular weight excluding hydrogens is 310 g/mol. The average molecular weight is 330 g/mol. The van der Waals surface area contributed by atoms with Gasteiger partial charge in [-0.1, -0.05) is 30.7 Å². The molecule has 1 unspecified atom stereocenters. The van der Waals surface area contributed by atoms with E-state index >= 15 is 0 Å². The van der Waals surface area contributed by atoms with Crippen molar-refractivity contribution in [2.75, 3.05) is 11.4 Å². The summed E-state index contributed by atoms with van der Waals surface area (Å²) in [6, 6.07) is 13.5. The maximum atomic E-state index is 11.7. The number of rotatable bonds is 4. The number of anilines is 1. The Morgan fingerprint density at radius 3 is 2.65 bits per heavy atom. The molecule has 0 fully saturated rings. The van der Waals surface area contributed by atoms with Crippen molar-refractivity contribution < 1.29 is 9.53 Å². The van der Waals surface area contributed by atoms with Crippen LogP contribution in [0, 0.1) is 0 Å². The van der Waals surface area contributed by atoms with Crippen LogP contribution in [0.5, 0.6) is 5.75 Å². The Morgan fingerprint density at radius 1 is 1.26 bits per heavy atom. The van der Waals surface area contributed by atoms with Gasteiger partial charge in [0.15, 0.2) is 5.78 Å². The summed E-state index contributed by atoms with van der Waals surface area (Å²) >= 11 is 5.97. The molecule has 1 heterocycles. The monoisotopic (exact) mass is 329 g/mol. The number of carbonyl (C=O) groups excluding carboxylic acids is 1. The fourth-order valence-electron chi connectivity index (χ4n) is 2.82. The molecule has 2 aromatic rings. The smallest absolute Gasteiger partial charge is 0.159 e. The van der Waals surface area contributed by atoms with E-state index in [1.165, 1.54) is 5.56 Å². The van der Waals surface area contributed by atoms with Gasteiger partial charge >= 0.3 is 0 Å². The highest BCUT2D eigenvalue weighted by Crippen LogP contribution is 2.36. The van der Waals surface area contributed by atoms with Gasteiger partial charge < -0.3 is 9.64 Å². The molecule has 0 aliphatic carbocycles. The molecule has 1 atom stereocenters. The fourth-order valence-corrected chi connectivity index (χ4v) is 2.94. The lowest BCUT2D eigenvalue weighted by Crippen LogP contribution is -2.39. The standard InChI is InChI=1S/C19H20ClNO2/c1-3-17-12-21(11-14-4-7-16(20)8-5-14)18-10-15(13(2)22)6-9-19(18)23-17/h4-10,17H,3,11-12H2,1-2H3. The van der Waals surface area contributed by atoms with Gasteiger partial charge in [0.2, 0.25) is 0 Å². The number of benzene rings is 2. The lowest BCUT2D eigenvalue weighted by Gasteiger charge is -2.36. The number of hydrogen-bond acceptors (Lipinski definition) is 3. The lowest BCUT2D eigenvalue weighted by molar-refractivity contribution is 0.101. The quantitative estimate of drug-likeness (QED) is 0.760. The number of ether oxygens (including phenoxy) is 1. The van der Waals surface area contributed by atoms with Crippen molar-refractivity contribution in [1.82, 2.24) is 0 Å². The number of Topliss-reactive ketones (excluding diaryl/α,β-unsaturated/α-hetero) is 1. The normalized spacial score (nSPS) is 16.7. The Hall–Kier alpha value is -2.00. The fraction of sp³-hybridized carbons (Fsp3) is 0.316. The first-order valence-electron chi connectivity index (χ1n) is 7.88. The Labute approximate surface area is 141 Å². The predicted molar refractivity (Wildman–Crippen MR) is 93.7 cm³/mol. The molecule has 23 heavy (non-hydrogen) atoms. The molecule has 0 aromatic heterocycles. The largest absolute Gasteiger partial charge is 0.486 e. The van der Waals surface area contributed by atoms with E-state index in [0.29, 0.717) is 5.56 Å². The first-order chi connectivity index (χ1) is 11.1. The van der Waals surface area contributed by atoms with Gasteiger partial charge in [-0.05, 0) is 49.2 Å². The summed E-state index contributed by atoms with van der Waals surface area (Å²) in [5, 5.41) is 0.737. The molecule has 4 heteroatoms. The van der Waals surface area contributed by atoms with Crippen molar-refractivity contribution in [2.24, 2.45) is 0 Å². The van der Waals surface area contributed by atoms with Gasteiger partial charge in [0.1, 0.15) is 11.9 Å². The molecule has 1 aliphatic heterocycles. The second-order valence-electron chi connectivity index (χ2n) is 5.89. The molecule has 0 bridgehead atoms. The Kier molecular flexibility index (Phi) is 4.58. The SMILES string of the molecule is CCC1CN(Cc2ccc(Cl)cc2)c2cc(C(C)=O)ccc2O1. The van der Waals surface area contributed by atoms with Crippen molar-refractivity contribution >= 4 is 23.1 Å². The summed E-state index contributed by atoms with van der Waals surface area (Å²) in [6.45, 7) is 5.29. The second-order valence-corrected chi connectivity index (χ2v) is 6.33. The Bertz CT molecular complexity index is 712. The molecule has 0 radical (unpaired) electrons. The molecule has 120 valence electrons. The minimum absolute atomic E-state index is 0.0665. The molecule has 3 rings (SSSR count). The van der Waals surface area contributed by atoms with E-state index in [1.807, 2.05) is 42.5 Å². The number of hydrogen-bond donors (Lipinski definition) is 0. The van der Waals surface area contributed by atoms with Crippen LogP contribution in [-0.2, 0) is 6.54 Å². The van der Waals surface area contributed by atoms with E-state index in [2.05, 4.69) is 11.8 Å². The minimum Gasteiger partial charge on any atom is -0.486 e. The van der Waals surface area contributed by atoms with Gasteiger partial charge in [-0.25, -0.2) is 0 Å². The summed E-state index contributed by atoms with van der Waals surface area (Å²) in [5.74, 6) is 0.916. The maximum absolute atomic E-state index is 11.7. The first-order valence-corrected chi connectivity index (χ1v) is 8.25. The van der Waals surface area contributed by atoms with Crippen LogP contribution >= 0.6 is 11.6 Å². The van der Waals surface area contributed by atoms with Gasteiger partial charge in [0.25, 0.3) is 0 Å². The van der Waals surface area contributed by atoms with Crippen LogP contribution in [0.3, 0.4) is 0 Å². The van der Waals surface area contributed by atoms with Crippen molar-refractivity contribution in [3.63, 3.8) is 0 Å². The second kappa shape index (κ2) is 6.63. The first kappa shape index (κ1) is 15.9. The molecule has 0 N–H and O–H groups in total. The van der Waals surface area contributed by atoms with E-state index < -0.39 is 0 Å². The van der Waals surface area contributed by atoms with Crippen LogP contribution in [0.25, 0.3) is 0 Å². The zero-order chi connectivity index (χ0) is 16.4. The van der Waals surface area contributed by atoms with Gasteiger partial charge in [0.05, 0.1) is 12.2 Å². The molecule has 1 aliphatic rings. The third-order valence-electron chi connectivity index (χ3n) is 4.17. The van der Waals surface area contributed by atoms with Crippen LogP contribution in [0.1, 0.15) is 36.2 Å². The minimum atomic E-state index is 0.0665. The van der Waals surface area contributed by atoms with Crippen molar-refractivity contribution in [1.29, 1.82) is 0 Å². The van der Waals surface area contributed by atoms with Crippen LogP contribution in [0.2, 0.25) is 5.02 Å². The topological polar surface area (TPSA) is 29.5 Å². The Balaban J connectivity index is 1.94. The Morgan fingerprint density at radius 2 is 2.00 bits per heavy atom. The van der Waals surface area contributed by atoms with Crippen molar-refractivity contribution in [3.8, 4) is 5.75 Å². The van der Waals surface area contributed by atoms with Crippen molar-refractivity contribution in [3.05, 3.63) is 58.6 Å². The molecule has 0 spiro atoms. The predicted octanol–water partition coefficient (Wildman–Crippen LogP) is 4.72. The van der Waals surface area contributed by atoms with E-state index in [9.17, 15) is 4.79 Å². The maximum Gasteiger partial charge on any atom is 0.159 e. The summed E-state index contributed by atoms with van der Waals surface area (Å²) < 4.78 is 6.03. The molecule has 3 nitrogen and oxygen atoms in total. The number of ketones is 1. The zero-order valence-corrected chi connectivity index (χ0v) is 14.1. The van der Waals surface area contributed by atoms with Crippen LogP contribution < -0.4 is 9.64 Å². The molecule has 2 aromatic carbocycles. The highest BCUT2D eigenvalue weighted by Gasteiger charge is 2.25. The molecule has 0 saturated heterocycles. The van der Waals surface area contributed by atoms with E-state index in [1.54, 1.807) is 6.92 Å². The molecular formula is C19H20ClNO2. The van der Waals surface area contributed by atoms with E-state index in [4.69, 9.17) is 16.3 Å². The van der Waals surface area contributed by atoms with Gasteiger partial charge in [0, 0.05) is 17.1 Å². The summed E-state index contributed by atoms with van der Waals surface area (Å²) in [7, 11) is 0. The van der Waals surface area contributed by atoms with Gasteiger partial charge in [-0.3, -0.25) is 4.79 Å². The summed E-state index contributed by atoms with van der Waals surface area (Å²) in [6.07, 6.45) is 1.11. The summed E-state index contributed by atoms with van der Waals surface area (Å²) in [4.78, 5) is 14.0. The number of nitrogens with zero attached hydrogens (tertiary/aromatic N) is 1. The average Bonchev–Trinajstić information content (AvgIpc) is 2.56. The van der Waals surface area contributed by atoms with Crippen LogP contribution in [0.4, 0.5) is 5.69 Å². The number of halogens is 1. The van der Waals surface area contributed by atoms with Crippen LogP contribution in [-0.4, -0.2) is 18.4 Å². The van der Waals surface area contributed by atoms with Crippen LogP contribution in [0.15, 0.2) is 42.5 Å². The van der Waals surface area contributed by atoms with Gasteiger partial charge in [-0.15, -0.1) is 0 Å². The van der Waals surface area contributed by atoms with E-state index in [0.717, 1.165) is 36.0 Å². The zero-order valence-electron chi connectivity index (χ0n) is 13.4. The van der Waals surface area contributed by atoms with Gasteiger partial charge in [-0.2, -0.15) is 0 Å². The van der Waals surface area contributed by atoms with Crippen molar-refractivity contribution in [2.45, 2.75) is 32.9 Å². The van der Waals surface area contributed by atoms with E-state index in [-0.39, 0.29) is 11.9 Å².